The van der Waals surface area contributed by atoms with Gasteiger partial charge in [0.1, 0.15) is 0 Å². The topological polar surface area (TPSA) is 55.6 Å². The number of nitrogens with zero attached hydrogens (tertiary/aromatic N) is 1. The molecule has 1 amide bonds. The number of benzene rings is 1. The van der Waals surface area contributed by atoms with Crippen LogP contribution in [-0.2, 0) is 16.0 Å². The maximum atomic E-state index is 12.2. The van der Waals surface area contributed by atoms with Gasteiger partial charge in [0, 0.05) is 13.2 Å². The van der Waals surface area contributed by atoms with Crippen LogP contribution in [-0.4, -0.2) is 42.6 Å². The van der Waals surface area contributed by atoms with E-state index in [2.05, 4.69) is 12.1 Å². The summed E-state index contributed by atoms with van der Waals surface area (Å²) in [4.78, 5) is 14.1. The maximum absolute atomic E-state index is 12.2. The van der Waals surface area contributed by atoms with Crippen LogP contribution in [0.3, 0.4) is 0 Å². The SMILES string of the molecule is C[C@@H](N)C(=O)N(CCc1ccccc1)C1CCOC1. The van der Waals surface area contributed by atoms with Crippen LogP contribution < -0.4 is 5.73 Å². The van der Waals surface area contributed by atoms with Crippen molar-refractivity contribution in [3.63, 3.8) is 0 Å². The van der Waals surface area contributed by atoms with Gasteiger partial charge < -0.3 is 15.4 Å². The van der Waals surface area contributed by atoms with Gasteiger partial charge >= 0.3 is 0 Å². The van der Waals surface area contributed by atoms with Gasteiger partial charge in [-0.15, -0.1) is 0 Å². The van der Waals surface area contributed by atoms with E-state index in [9.17, 15) is 4.79 Å². The lowest BCUT2D eigenvalue weighted by Gasteiger charge is -2.29. The molecule has 1 aromatic rings. The van der Waals surface area contributed by atoms with Crippen LogP contribution in [0, 0.1) is 0 Å². The van der Waals surface area contributed by atoms with Crippen molar-refractivity contribution in [2.45, 2.75) is 31.8 Å². The molecule has 1 aliphatic heterocycles. The fourth-order valence-electron chi connectivity index (χ4n) is 2.40. The van der Waals surface area contributed by atoms with E-state index >= 15 is 0 Å². The highest BCUT2D eigenvalue weighted by Crippen LogP contribution is 2.14. The predicted octanol–water partition coefficient (Wildman–Crippen LogP) is 1.19. The zero-order valence-electron chi connectivity index (χ0n) is 11.4. The summed E-state index contributed by atoms with van der Waals surface area (Å²) in [6.45, 7) is 3.82. The molecule has 0 saturated carbocycles. The lowest BCUT2D eigenvalue weighted by Crippen LogP contribution is -2.48. The van der Waals surface area contributed by atoms with Gasteiger partial charge in [0.25, 0.3) is 0 Å². The van der Waals surface area contributed by atoms with Crippen molar-refractivity contribution in [2.75, 3.05) is 19.8 Å². The first-order valence-corrected chi connectivity index (χ1v) is 6.86. The predicted molar refractivity (Wildman–Crippen MR) is 74.7 cm³/mol. The molecule has 2 atom stereocenters. The average Bonchev–Trinajstić information content (AvgIpc) is 2.94. The molecule has 2 N–H and O–H groups in total. The van der Waals surface area contributed by atoms with Crippen LogP contribution in [0.15, 0.2) is 30.3 Å². The van der Waals surface area contributed by atoms with Crippen molar-refractivity contribution in [1.29, 1.82) is 0 Å². The molecule has 104 valence electrons. The van der Waals surface area contributed by atoms with Crippen molar-refractivity contribution in [3.05, 3.63) is 35.9 Å². The molecule has 1 heterocycles. The number of rotatable bonds is 5. The quantitative estimate of drug-likeness (QED) is 0.867. The monoisotopic (exact) mass is 262 g/mol. The van der Waals surface area contributed by atoms with E-state index in [-0.39, 0.29) is 11.9 Å². The van der Waals surface area contributed by atoms with Crippen LogP contribution in [0.1, 0.15) is 18.9 Å². The Labute approximate surface area is 114 Å². The van der Waals surface area contributed by atoms with Crippen molar-refractivity contribution in [1.82, 2.24) is 4.90 Å². The molecule has 19 heavy (non-hydrogen) atoms. The van der Waals surface area contributed by atoms with Gasteiger partial charge in [-0.2, -0.15) is 0 Å². The zero-order valence-corrected chi connectivity index (χ0v) is 11.4. The number of amides is 1. The van der Waals surface area contributed by atoms with Gasteiger partial charge in [0.15, 0.2) is 0 Å². The van der Waals surface area contributed by atoms with E-state index in [0.29, 0.717) is 13.2 Å². The summed E-state index contributed by atoms with van der Waals surface area (Å²) in [5.74, 6) is 0.0198. The van der Waals surface area contributed by atoms with Crippen molar-refractivity contribution in [2.24, 2.45) is 5.73 Å². The minimum Gasteiger partial charge on any atom is -0.379 e. The highest BCUT2D eigenvalue weighted by molar-refractivity contribution is 5.81. The molecule has 0 spiro atoms. The Bertz CT molecular complexity index is 400. The minimum atomic E-state index is -0.448. The summed E-state index contributed by atoms with van der Waals surface area (Å²) in [7, 11) is 0. The summed E-state index contributed by atoms with van der Waals surface area (Å²) < 4.78 is 5.39. The maximum Gasteiger partial charge on any atom is 0.239 e. The normalized spacial score (nSPS) is 20.2. The van der Waals surface area contributed by atoms with E-state index < -0.39 is 6.04 Å². The lowest BCUT2D eigenvalue weighted by atomic mass is 10.1. The van der Waals surface area contributed by atoms with Gasteiger partial charge in [0.2, 0.25) is 5.91 Å². The molecule has 1 aliphatic rings. The number of carbonyl (C=O) groups is 1. The standard InChI is InChI=1S/C15H22N2O2/c1-12(16)15(18)17(14-8-10-19-11-14)9-7-13-5-3-2-4-6-13/h2-6,12,14H,7-11,16H2,1H3/t12-,14?/m1/s1. The number of nitrogens with two attached hydrogens (primary N) is 1. The number of ether oxygens (including phenoxy) is 1. The second-order valence-corrected chi connectivity index (χ2v) is 5.07. The first-order chi connectivity index (χ1) is 9.18. The van der Waals surface area contributed by atoms with Crippen molar-refractivity contribution < 1.29 is 9.53 Å². The molecule has 4 nitrogen and oxygen atoms in total. The first kappa shape index (κ1) is 14.0. The van der Waals surface area contributed by atoms with Crippen LogP contribution in [0.2, 0.25) is 0 Å². The molecular formula is C15H22N2O2. The highest BCUT2D eigenvalue weighted by atomic mass is 16.5. The third kappa shape index (κ3) is 3.78. The Morgan fingerprint density at radius 2 is 2.21 bits per heavy atom. The largest absolute Gasteiger partial charge is 0.379 e. The fourth-order valence-corrected chi connectivity index (χ4v) is 2.40. The number of hydrogen-bond donors (Lipinski definition) is 1. The van der Waals surface area contributed by atoms with Crippen molar-refractivity contribution in [3.8, 4) is 0 Å². The van der Waals surface area contributed by atoms with E-state index in [1.54, 1.807) is 6.92 Å². The molecule has 0 aliphatic carbocycles. The third-order valence-corrected chi connectivity index (χ3v) is 3.50. The Morgan fingerprint density at radius 1 is 1.47 bits per heavy atom. The fraction of sp³-hybridized carbons (Fsp3) is 0.533. The molecule has 0 aromatic heterocycles. The van der Waals surface area contributed by atoms with Crippen LogP contribution in [0.4, 0.5) is 0 Å². The highest BCUT2D eigenvalue weighted by Gasteiger charge is 2.28. The molecule has 4 heteroatoms. The van der Waals surface area contributed by atoms with Crippen LogP contribution in [0.5, 0.6) is 0 Å². The van der Waals surface area contributed by atoms with Crippen LogP contribution in [0.25, 0.3) is 0 Å². The molecule has 2 rings (SSSR count). The summed E-state index contributed by atoms with van der Waals surface area (Å²) in [5, 5.41) is 0. The molecule has 0 radical (unpaired) electrons. The third-order valence-electron chi connectivity index (χ3n) is 3.50. The molecule has 1 fully saturated rings. The summed E-state index contributed by atoms with van der Waals surface area (Å²) in [5.41, 5.74) is 6.98. The van der Waals surface area contributed by atoms with Gasteiger partial charge in [-0.3, -0.25) is 4.79 Å². The molecule has 1 aromatic carbocycles. The van der Waals surface area contributed by atoms with Gasteiger partial charge in [-0.05, 0) is 25.3 Å². The van der Waals surface area contributed by atoms with E-state index in [4.69, 9.17) is 10.5 Å². The smallest absolute Gasteiger partial charge is 0.239 e. The number of hydrogen-bond acceptors (Lipinski definition) is 3. The summed E-state index contributed by atoms with van der Waals surface area (Å²) >= 11 is 0. The van der Waals surface area contributed by atoms with Gasteiger partial charge in [-0.25, -0.2) is 0 Å². The molecule has 1 saturated heterocycles. The lowest BCUT2D eigenvalue weighted by molar-refractivity contribution is -0.134. The Kier molecular flexibility index (Phi) is 4.93. The molecular weight excluding hydrogens is 240 g/mol. The van der Waals surface area contributed by atoms with Crippen LogP contribution >= 0.6 is 0 Å². The van der Waals surface area contributed by atoms with Gasteiger partial charge in [-0.1, -0.05) is 30.3 Å². The molecule has 0 bridgehead atoms. The van der Waals surface area contributed by atoms with Crippen molar-refractivity contribution >= 4 is 5.91 Å². The summed E-state index contributed by atoms with van der Waals surface area (Å²) in [6, 6.07) is 9.94. The summed E-state index contributed by atoms with van der Waals surface area (Å²) in [6.07, 6.45) is 1.77. The Balaban J connectivity index is 1.99. The second-order valence-electron chi connectivity index (χ2n) is 5.07. The first-order valence-electron chi connectivity index (χ1n) is 6.86. The number of carbonyl (C=O) groups excluding carboxylic acids is 1. The van der Waals surface area contributed by atoms with E-state index in [0.717, 1.165) is 19.4 Å². The zero-order chi connectivity index (χ0) is 13.7. The Morgan fingerprint density at radius 3 is 2.79 bits per heavy atom. The Hall–Kier alpha value is -1.39. The van der Waals surface area contributed by atoms with E-state index in [1.807, 2.05) is 23.1 Å². The van der Waals surface area contributed by atoms with Gasteiger partial charge in [0.05, 0.1) is 18.7 Å². The molecule has 1 unspecified atom stereocenters. The average molecular weight is 262 g/mol. The van der Waals surface area contributed by atoms with E-state index in [1.165, 1.54) is 5.56 Å². The minimum absolute atomic E-state index is 0.0198. The second kappa shape index (κ2) is 6.68.